The third-order valence-electron chi connectivity index (χ3n) is 3.70. The van der Waals surface area contributed by atoms with E-state index < -0.39 is 11.6 Å². The number of hydrogen-bond acceptors (Lipinski definition) is 3. The molecule has 1 aliphatic rings. The van der Waals surface area contributed by atoms with Gasteiger partial charge in [0.25, 0.3) is 0 Å². The van der Waals surface area contributed by atoms with Gasteiger partial charge in [-0.1, -0.05) is 6.07 Å². The minimum absolute atomic E-state index is 0.121. The standard InChI is InChI=1S/C14H16F2N2S/c1-19-14(10-17)5-7-18(8-6-14)9-11-12(15)3-2-4-13(11)16/h2-4H,5-9H2,1H3. The van der Waals surface area contributed by atoms with Gasteiger partial charge in [0.15, 0.2) is 0 Å². The Morgan fingerprint density at radius 3 is 2.37 bits per heavy atom. The smallest absolute Gasteiger partial charge is 0.130 e. The van der Waals surface area contributed by atoms with Crippen LogP contribution in [-0.2, 0) is 6.54 Å². The normalized spacial score (nSPS) is 19.1. The van der Waals surface area contributed by atoms with Gasteiger partial charge < -0.3 is 0 Å². The number of likely N-dealkylation sites (tertiary alicyclic amines) is 1. The van der Waals surface area contributed by atoms with Crippen molar-refractivity contribution in [2.24, 2.45) is 0 Å². The molecule has 1 aromatic carbocycles. The highest BCUT2D eigenvalue weighted by Gasteiger charge is 2.34. The third-order valence-corrected chi connectivity index (χ3v) is 4.98. The van der Waals surface area contributed by atoms with E-state index >= 15 is 0 Å². The van der Waals surface area contributed by atoms with Gasteiger partial charge >= 0.3 is 0 Å². The maximum atomic E-state index is 13.6. The number of nitriles is 1. The van der Waals surface area contributed by atoms with Gasteiger partial charge in [0.1, 0.15) is 16.4 Å². The fraction of sp³-hybridized carbons (Fsp3) is 0.500. The predicted molar refractivity (Wildman–Crippen MR) is 72.7 cm³/mol. The van der Waals surface area contributed by atoms with Crippen LogP contribution in [0.4, 0.5) is 8.78 Å². The van der Waals surface area contributed by atoms with E-state index in [1.165, 1.54) is 18.2 Å². The second kappa shape index (κ2) is 5.89. The van der Waals surface area contributed by atoms with Gasteiger partial charge in [0.05, 0.1) is 6.07 Å². The highest BCUT2D eigenvalue weighted by molar-refractivity contribution is 8.00. The third kappa shape index (κ3) is 3.07. The molecule has 0 N–H and O–H groups in total. The van der Waals surface area contributed by atoms with Crippen LogP contribution in [0.2, 0.25) is 0 Å². The molecule has 0 bridgehead atoms. The molecule has 5 heteroatoms. The van der Waals surface area contributed by atoms with E-state index in [1.807, 2.05) is 11.2 Å². The Morgan fingerprint density at radius 1 is 1.32 bits per heavy atom. The summed E-state index contributed by atoms with van der Waals surface area (Å²) < 4.78 is 26.8. The molecule has 0 aromatic heterocycles. The lowest BCUT2D eigenvalue weighted by Gasteiger charge is -2.36. The van der Waals surface area contributed by atoms with Crippen LogP contribution in [0.5, 0.6) is 0 Å². The van der Waals surface area contributed by atoms with Gasteiger partial charge in [0, 0.05) is 25.2 Å². The Hall–Kier alpha value is -1.12. The zero-order valence-corrected chi connectivity index (χ0v) is 11.6. The monoisotopic (exact) mass is 282 g/mol. The fourth-order valence-corrected chi connectivity index (χ4v) is 3.02. The largest absolute Gasteiger partial charge is 0.299 e. The number of nitrogens with zero attached hydrogens (tertiary/aromatic N) is 2. The first kappa shape index (κ1) is 14.3. The summed E-state index contributed by atoms with van der Waals surface area (Å²) in [7, 11) is 0. The van der Waals surface area contributed by atoms with Crippen molar-refractivity contribution in [1.29, 1.82) is 5.26 Å². The van der Waals surface area contributed by atoms with Gasteiger partial charge in [-0.15, -0.1) is 11.8 Å². The molecule has 1 aliphatic heterocycles. The van der Waals surface area contributed by atoms with Crippen LogP contribution in [0.1, 0.15) is 18.4 Å². The summed E-state index contributed by atoms with van der Waals surface area (Å²) in [5.74, 6) is -0.996. The van der Waals surface area contributed by atoms with Crippen molar-refractivity contribution in [3.8, 4) is 6.07 Å². The maximum absolute atomic E-state index is 13.6. The molecule has 0 aliphatic carbocycles. The second-order valence-corrected chi connectivity index (χ2v) is 5.98. The molecule has 1 saturated heterocycles. The fourth-order valence-electron chi connectivity index (χ4n) is 2.34. The van der Waals surface area contributed by atoms with E-state index in [0.29, 0.717) is 13.1 Å². The van der Waals surface area contributed by atoms with Gasteiger partial charge in [-0.3, -0.25) is 4.90 Å². The summed E-state index contributed by atoms with van der Waals surface area (Å²) in [5, 5.41) is 9.20. The lowest BCUT2D eigenvalue weighted by molar-refractivity contribution is 0.204. The molecule has 0 saturated carbocycles. The second-order valence-electron chi connectivity index (χ2n) is 4.79. The van der Waals surface area contributed by atoms with Gasteiger partial charge in [0.2, 0.25) is 0 Å². The van der Waals surface area contributed by atoms with Crippen LogP contribution in [-0.4, -0.2) is 29.0 Å². The first-order valence-corrected chi connectivity index (χ1v) is 7.44. The van der Waals surface area contributed by atoms with E-state index in [2.05, 4.69) is 6.07 Å². The zero-order valence-electron chi connectivity index (χ0n) is 10.8. The molecule has 0 spiro atoms. The Labute approximate surface area is 116 Å². The Balaban J connectivity index is 2.02. The van der Waals surface area contributed by atoms with Crippen molar-refractivity contribution < 1.29 is 8.78 Å². The summed E-state index contributed by atoms with van der Waals surface area (Å²) in [5.41, 5.74) is 0.121. The molecular weight excluding hydrogens is 266 g/mol. The van der Waals surface area contributed by atoms with Gasteiger partial charge in [-0.05, 0) is 31.2 Å². The number of benzene rings is 1. The topological polar surface area (TPSA) is 27.0 Å². The summed E-state index contributed by atoms with van der Waals surface area (Å²) >= 11 is 1.57. The minimum atomic E-state index is -0.498. The van der Waals surface area contributed by atoms with Crippen LogP contribution in [0.3, 0.4) is 0 Å². The van der Waals surface area contributed by atoms with Gasteiger partial charge in [-0.2, -0.15) is 5.26 Å². The SMILES string of the molecule is CSC1(C#N)CCN(Cc2c(F)cccc2F)CC1. The quantitative estimate of drug-likeness (QED) is 0.852. The summed E-state index contributed by atoms with van der Waals surface area (Å²) in [6.07, 6.45) is 3.41. The Kier molecular flexibility index (Phi) is 4.43. The van der Waals surface area contributed by atoms with E-state index in [1.54, 1.807) is 11.8 Å². The average molecular weight is 282 g/mol. The molecule has 2 rings (SSSR count). The molecular formula is C14H16F2N2S. The molecule has 0 unspecified atom stereocenters. The van der Waals surface area contributed by atoms with Crippen LogP contribution >= 0.6 is 11.8 Å². The van der Waals surface area contributed by atoms with Crippen molar-refractivity contribution in [2.75, 3.05) is 19.3 Å². The van der Waals surface area contributed by atoms with Crippen LogP contribution in [0, 0.1) is 23.0 Å². The highest BCUT2D eigenvalue weighted by Crippen LogP contribution is 2.34. The van der Waals surface area contributed by atoms with Crippen LogP contribution < -0.4 is 0 Å². The van der Waals surface area contributed by atoms with Gasteiger partial charge in [-0.25, -0.2) is 8.78 Å². The van der Waals surface area contributed by atoms with Crippen molar-refractivity contribution in [2.45, 2.75) is 24.1 Å². The number of rotatable bonds is 3. The van der Waals surface area contributed by atoms with E-state index in [9.17, 15) is 14.0 Å². The molecule has 0 radical (unpaired) electrons. The van der Waals surface area contributed by atoms with E-state index in [-0.39, 0.29) is 16.9 Å². The number of hydrogen-bond donors (Lipinski definition) is 0. The lowest BCUT2D eigenvalue weighted by Crippen LogP contribution is -2.41. The van der Waals surface area contributed by atoms with Crippen molar-refractivity contribution >= 4 is 11.8 Å². The molecule has 1 aromatic rings. The van der Waals surface area contributed by atoms with Crippen molar-refractivity contribution in [1.82, 2.24) is 4.90 Å². The number of piperidine rings is 1. The molecule has 0 amide bonds. The summed E-state index contributed by atoms with van der Waals surface area (Å²) in [6, 6.07) is 6.30. The summed E-state index contributed by atoms with van der Waals surface area (Å²) in [4.78, 5) is 2.01. The Morgan fingerprint density at radius 2 is 1.89 bits per heavy atom. The summed E-state index contributed by atoms with van der Waals surface area (Å²) in [6.45, 7) is 1.67. The first-order chi connectivity index (χ1) is 9.10. The molecule has 102 valence electrons. The molecule has 1 fully saturated rings. The van der Waals surface area contributed by atoms with Crippen molar-refractivity contribution in [3.05, 3.63) is 35.4 Å². The van der Waals surface area contributed by atoms with Crippen LogP contribution in [0.15, 0.2) is 18.2 Å². The van der Waals surface area contributed by atoms with Crippen molar-refractivity contribution in [3.63, 3.8) is 0 Å². The lowest BCUT2D eigenvalue weighted by atomic mass is 9.97. The maximum Gasteiger partial charge on any atom is 0.130 e. The van der Waals surface area contributed by atoms with E-state index in [4.69, 9.17) is 0 Å². The molecule has 19 heavy (non-hydrogen) atoms. The predicted octanol–water partition coefficient (Wildman–Crippen LogP) is 3.19. The molecule has 0 atom stereocenters. The zero-order chi connectivity index (χ0) is 13.9. The number of halogens is 2. The molecule has 2 nitrogen and oxygen atoms in total. The van der Waals surface area contributed by atoms with Crippen LogP contribution in [0.25, 0.3) is 0 Å². The average Bonchev–Trinajstić information content (AvgIpc) is 2.44. The van der Waals surface area contributed by atoms with E-state index in [0.717, 1.165) is 12.8 Å². The minimum Gasteiger partial charge on any atom is -0.299 e. The Bertz CT molecular complexity index is 470. The number of thioether (sulfide) groups is 1. The highest BCUT2D eigenvalue weighted by atomic mass is 32.2. The first-order valence-electron chi connectivity index (χ1n) is 6.22. The molecule has 1 heterocycles.